The zero-order valence-corrected chi connectivity index (χ0v) is 8.15. The molecule has 1 aromatic carbocycles. The van der Waals surface area contributed by atoms with Crippen LogP contribution in [0.3, 0.4) is 0 Å². The van der Waals surface area contributed by atoms with Crippen molar-refractivity contribution >= 4 is 28.7 Å². The second kappa shape index (κ2) is 3.73. The van der Waals surface area contributed by atoms with E-state index < -0.39 is 6.19 Å². The fourth-order valence-electron chi connectivity index (χ4n) is 0.803. The van der Waals surface area contributed by atoms with Gasteiger partial charge in [-0.05, 0) is 5.56 Å². The summed E-state index contributed by atoms with van der Waals surface area (Å²) in [7, 11) is 0. The molecule has 0 aliphatic heterocycles. The molecule has 0 bridgehead atoms. The summed E-state index contributed by atoms with van der Waals surface area (Å²) in [6, 6.07) is 9.45. The van der Waals surface area contributed by atoms with Crippen molar-refractivity contribution < 1.29 is 4.89 Å². The van der Waals surface area contributed by atoms with Crippen molar-refractivity contribution in [3.8, 4) is 0 Å². The van der Waals surface area contributed by atoms with E-state index in [1.54, 1.807) is 0 Å². The number of rotatable bonds is 2. The second-order valence-corrected chi connectivity index (χ2v) is 7.62. The van der Waals surface area contributed by atoms with E-state index in [1.165, 1.54) is 0 Å². The van der Waals surface area contributed by atoms with E-state index in [4.69, 9.17) is 27.4 Å². The maximum absolute atomic E-state index is 9.11. The average Bonchev–Trinajstić information content (AvgIpc) is 1.85. The zero-order valence-electron chi connectivity index (χ0n) is 5.74. The lowest BCUT2D eigenvalue weighted by molar-refractivity contribution is 0.632. The third-order valence-electron chi connectivity index (χ3n) is 1.22. The van der Waals surface area contributed by atoms with Crippen LogP contribution in [0.1, 0.15) is 5.56 Å². The monoisotopic (exact) mass is 209 g/mol. The van der Waals surface area contributed by atoms with Gasteiger partial charge in [-0.3, -0.25) is 0 Å². The standard InChI is InChI=1S/C7H8Cl2OP/c8-11(9,10)6-7-4-2-1-3-5-7/h1-5,10H,6H2/q+1. The minimum atomic E-state index is -2.69. The molecule has 1 N–H and O–H groups in total. The largest absolute Gasteiger partial charge is 0.340 e. The molecule has 11 heavy (non-hydrogen) atoms. The van der Waals surface area contributed by atoms with Crippen LogP contribution in [-0.4, -0.2) is 4.89 Å². The highest BCUT2D eigenvalue weighted by molar-refractivity contribution is 8.12. The molecule has 1 nitrogen and oxygen atoms in total. The predicted molar refractivity (Wildman–Crippen MR) is 51.0 cm³/mol. The Balaban J connectivity index is 2.66. The van der Waals surface area contributed by atoms with Crippen LogP contribution in [0.25, 0.3) is 0 Å². The fraction of sp³-hybridized carbons (Fsp3) is 0.143. The van der Waals surface area contributed by atoms with Gasteiger partial charge in [0.2, 0.25) is 0 Å². The Morgan fingerprint density at radius 3 is 2.18 bits per heavy atom. The van der Waals surface area contributed by atoms with Crippen LogP contribution in [0, 0.1) is 0 Å². The van der Waals surface area contributed by atoms with Crippen molar-refractivity contribution in [3.63, 3.8) is 0 Å². The predicted octanol–water partition coefficient (Wildman–Crippen LogP) is 3.42. The van der Waals surface area contributed by atoms with Crippen LogP contribution in [0.2, 0.25) is 0 Å². The van der Waals surface area contributed by atoms with Gasteiger partial charge in [0.15, 0.2) is 0 Å². The number of halogens is 2. The summed E-state index contributed by atoms with van der Waals surface area (Å²) in [5, 5.41) is 0. The van der Waals surface area contributed by atoms with Crippen LogP contribution in [-0.2, 0) is 6.16 Å². The van der Waals surface area contributed by atoms with E-state index in [0.717, 1.165) is 5.56 Å². The molecule has 1 aromatic rings. The summed E-state index contributed by atoms with van der Waals surface area (Å²) in [6.45, 7) is 0. The Hall–Kier alpha value is 0.190. The van der Waals surface area contributed by atoms with Crippen LogP contribution in [0.4, 0.5) is 0 Å². The lowest BCUT2D eigenvalue weighted by atomic mass is 10.2. The van der Waals surface area contributed by atoms with Crippen molar-refractivity contribution in [1.82, 2.24) is 0 Å². The first-order chi connectivity index (χ1) is 5.08. The molecule has 0 aromatic heterocycles. The van der Waals surface area contributed by atoms with Crippen LogP contribution < -0.4 is 0 Å². The molecule has 0 fully saturated rings. The molecule has 0 saturated heterocycles. The maximum atomic E-state index is 9.11. The first-order valence-electron chi connectivity index (χ1n) is 3.12. The molecular formula is C7H8Cl2OP+. The zero-order chi connectivity index (χ0) is 8.32. The van der Waals surface area contributed by atoms with Gasteiger partial charge in [0.1, 0.15) is 28.6 Å². The highest BCUT2D eigenvalue weighted by atomic mass is 35.9. The molecule has 0 spiro atoms. The number of hydrogen-bond acceptors (Lipinski definition) is 1. The Labute approximate surface area is 76.0 Å². The molecule has 0 atom stereocenters. The van der Waals surface area contributed by atoms with Gasteiger partial charge < -0.3 is 0 Å². The topological polar surface area (TPSA) is 20.2 Å². The lowest BCUT2D eigenvalue weighted by Crippen LogP contribution is -1.82. The molecular weight excluding hydrogens is 202 g/mol. The van der Waals surface area contributed by atoms with E-state index >= 15 is 0 Å². The lowest BCUT2D eigenvalue weighted by Gasteiger charge is -2.00. The molecule has 0 heterocycles. The van der Waals surface area contributed by atoms with Gasteiger partial charge in [0.25, 0.3) is 0 Å². The highest BCUT2D eigenvalue weighted by Gasteiger charge is 2.31. The van der Waals surface area contributed by atoms with Gasteiger partial charge in [-0.1, -0.05) is 30.3 Å². The van der Waals surface area contributed by atoms with Crippen LogP contribution in [0.15, 0.2) is 30.3 Å². The van der Waals surface area contributed by atoms with Crippen molar-refractivity contribution in [2.45, 2.75) is 6.16 Å². The quantitative estimate of drug-likeness (QED) is 0.741. The summed E-state index contributed by atoms with van der Waals surface area (Å²) in [6.07, 6.45) is -2.34. The van der Waals surface area contributed by atoms with E-state index in [2.05, 4.69) is 0 Å². The Bertz CT molecular complexity index is 220. The number of benzene rings is 1. The smallest absolute Gasteiger partial charge is 0.214 e. The normalized spacial score (nSPS) is 11.5. The molecule has 0 aliphatic rings. The summed E-state index contributed by atoms with van der Waals surface area (Å²) in [4.78, 5) is 9.11. The molecule has 0 aliphatic carbocycles. The average molecular weight is 210 g/mol. The minimum absolute atomic E-state index is 0.358. The Morgan fingerprint density at radius 1 is 1.18 bits per heavy atom. The van der Waals surface area contributed by atoms with E-state index in [0.29, 0.717) is 6.16 Å². The summed E-state index contributed by atoms with van der Waals surface area (Å²) in [5.74, 6) is 0. The SMILES string of the molecule is O[P+](Cl)(Cl)Cc1ccccc1. The number of hydrogen-bond donors (Lipinski definition) is 1. The summed E-state index contributed by atoms with van der Waals surface area (Å²) >= 11 is 11.0. The van der Waals surface area contributed by atoms with Crippen molar-refractivity contribution in [2.75, 3.05) is 0 Å². The molecule has 0 unspecified atom stereocenters. The van der Waals surface area contributed by atoms with E-state index in [1.807, 2.05) is 30.3 Å². The van der Waals surface area contributed by atoms with Gasteiger partial charge >= 0.3 is 6.19 Å². The maximum Gasteiger partial charge on any atom is 0.340 e. The van der Waals surface area contributed by atoms with Crippen molar-refractivity contribution in [2.24, 2.45) is 0 Å². The van der Waals surface area contributed by atoms with Gasteiger partial charge in [-0.15, -0.1) is 0 Å². The highest BCUT2D eigenvalue weighted by Crippen LogP contribution is 2.67. The van der Waals surface area contributed by atoms with Crippen molar-refractivity contribution in [3.05, 3.63) is 35.9 Å². The van der Waals surface area contributed by atoms with Gasteiger partial charge in [0.05, 0.1) is 0 Å². The summed E-state index contributed by atoms with van der Waals surface area (Å²) < 4.78 is 0. The molecule has 0 amide bonds. The first-order valence-corrected chi connectivity index (χ1v) is 6.86. The van der Waals surface area contributed by atoms with E-state index in [-0.39, 0.29) is 0 Å². The molecule has 1 rings (SSSR count). The third-order valence-corrected chi connectivity index (χ3v) is 2.68. The third kappa shape index (κ3) is 3.93. The molecule has 60 valence electrons. The first kappa shape index (κ1) is 9.28. The van der Waals surface area contributed by atoms with Crippen molar-refractivity contribution in [1.29, 1.82) is 0 Å². The molecule has 0 saturated carbocycles. The Morgan fingerprint density at radius 2 is 1.73 bits per heavy atom. The summed E-state index contributed by atoms with van der Waals surface area (Å²) in [5.41, 5.74) is 0.966. The van der Waals surface area contributed by atoms with Crippen LogP contribution >= 0.6 is 28.7 Å². The van der Waals surface area contributed by atoms with E-state index in [9.17, 15) is 0 Å². The fourth-order valence-corrected chi connectivity index (χ4v) is 2.28. The van der Waals surface area contributed by atoms with Gasteiger partial charge in [0, 0.05) is 0 Å². The molecule has 0 radical (unpaired) electrons. The minimum Gasteiger partial charge on any atom is -0.214 e. The van der Waals surface area contributed by atoms with Gasteiger partial charge in [-0.2, -0.15) is 0 Å². The Kier molecular flexibility index (Phi) is 3.15. The second-order valence-electron chi connectivity index (χ2n) is 2.24. The van der Waals surface area contributed by atoms with Crippen LogP contribution in [0.5, 0.6) is 0 Å². The molecule has 4 heteroatoms. The van der Waals surface area contributed by atoms with Gasteiger partial charge in [-0.25, -0.2) is 4.89 Å².